The molecule has 0 saturated heterocycles. The van der Waals surface area contributed by atoms with E-state index in [1.807, 2.05) is 30.1 Å². The van der Waals surface area contributed by atoms with Crippen molar-refractivity contribution in [1.82, 2.24) is 4.57 Å². The van der Waals surface area contributed by atoms with E-state index in [9.17, 15) is 4.79 Å². The Bertz CT molecular complexity index is 306. The van der Waals surface area contributed by atoms with Crippen LogP contribution in [0.4, 0.5) is 0 Å². The number of thioether (sulfide) groups is 1. The molecule has 0 aliphatic heterocycles. The summed E-state index contributed by atoms with van der Waals surface area (Å²) in [4.78, 5) is 11.6. The fourth-order valence-corrected chi connectivity index (χ4v) is 1.93. The van der Waals surface area contributed by atoms with Crippen molar-refractivity contribution in [2.75, 3.05) is 5.75 Å². The Kier molecular flexibility index (Phi) is 4.26. The average Bonchev–Trinajstić information content (AvgIpc) is 2.60. The molecule has 1 aromatic rings. The Morgan fingerprint density at radius 3 is 2.86 bits per heavy atom. The number of hydrogen-bond donors (Lipinski definition) is 0. The molecule has 0 amide bonds. The molecule has 0 N–H and O–H groups in total. The summed E-state index contributed by atoms with van der Waals surface area (Å²) in [6.07, 6.45) is 4.90. The van der Waals surface area contributed by atoms with Crippen molar-refractivity contribution in [1.29, 1.82) is 0 Å². The van der Waals surface area contributed by atoms with Gasteiger partial charge in [-0.25, -0.2) is 0 Å². The summed E-state index contributed by atoms with van der Waals surface area (Å²) in [6.45, 7) is 4.30. The van der Waals surface area contributed by atoms with Gasteiger partial charge in [-0.1, -0.05) is 13.8 Å². The highest BCUT2D eigenvalue weighted by Gasteiger charge is 2.08. The van der Waals surface area contributed by atoms with Crippen molar-refractivity contribution in [3.63, 3.8) is 0 Å². The minimum atomic E-state index is 0.232. The van der Waals surface area contributed by atoms with E-state index in [1.165, 1.54) is 0 Å². The Labute approximate surface area is 89.7 Å². The molecule has 3 heteroatoms. The fraction of sp³-hybridized carbons (Fsp3) is 0.545. The topological polar surface area (TPSA) is 22.0 Å². The molecule has 0 aromatic carbocycles. The van der Waals surface area contributed by atoms with Gasteiger partial charge in [-0.15, -0.1) is 0 Å². The lowest BCUT2D eigenvalue weighted by Gasteiger charge is -2.05. The van der Waals surface area contributed by atoms with Crippen LogP contribution in [0.25, 0.3) is 0 Å². The van der Waals surface area contributed by atoms with Gasteiger partial charge in [-0.05, 0) is 12.5 Å². The van der Waals surface area contributed by atoms with Crippen LogP contribution in [0, 0.1) is 0 Å². The summed E-state index contributed by atoms with van der Waals surface area (Å²) in [5.74, 6) is 0.829. The van der Waals surface area contributed by atoms with Crippen molar-refractivity contribution in [2.45, 2.75) is 25.5 Å². The second-order valence-corrected chi connectivity index (χ2v) is 4.95. The maximum atomic E-state index is 11.6. The van der Waals surface area contributed by atoms with E-state index in [2.05, 4.69) is 13.8 Å². The van der Waals surface area contributed by atoms with E-state index < -0.39 is 0 Å². The standard InChI is InChI=1S/C11H17NOS/c1-4-9(2)14-8-11(13)10-5-6-12(3)7-10/h5-7,9H,4,8H2,1-3H3. The van der Waals surface area contributed by atoms with Crippen molar-refractivity contribution < 1.29 is 4.79 Å². The second kappa shape index (κ2) is 5.25. The minimum absolute atomic E-state index is 0.232. The van der Waals surface area contributed by atoms with E-state index in [4.69, 9.17) is 0 Å². The molecule has 0 spiro atoms. The first-order valence-electron chi connectivity index (χ1n) is 4.90. The van der Waals surface area contributed by atoms with Crippen molar-refractivity contribution in [2.24, 2.45) is 7.05 Å². The van der Waals surface area contributed by atoms with Gasteiger partial charge in [-0.2, -0.15) is 11.8 Å². The number of Topliss-reactive ketones (excluding diaryl/α,β-unsaturated/α-hetero) is 1. The summed E-state index contributed by atoms with van der Waals surface area (Å²) in [6, 6.07) is 1.87. The van der Waals surface area contributed by atoms with E-state index in [-0.39, 0.29) is 5.78 Å². The third-order valence-electron chi connectivity index (χ3n) is 2.23. The quantitative estimate of drug-likeness (QED) is 0.699. The molecule has 0 fully saturated rings. The smallest absolute Gasteiger partial charge is 0.174 e. The van der Waals surface area contributed by atoms with Crippen LogP contribution in [0.3, 0.4) is 0 Å². The Hall–Kier alpha value is -0.700. The lowest BCUT2D eigenvalue weighted by atomic mass is 10.2. The van der Waals surface area contributed by atoms with E-state index in [0.717, 1.165) is 12.0 Å². The molecule has 1 heterocycles. The molecule has 0 bridgehead atoms. The molecule has 0 saturated carbocycles. The highest BCUT2D eigenvalue weighted by molar-refractivity contribution is 8.00. The monoisotopic (exact) mass is 211 g/mol. The Balaban J connectivity index is 2.43. The Morgan fingerprint density at radius 1 is 1.64 bits per heavy atom. The van der Waals surface area contributed by atoms with Gasteiger partial charge in [0.2, 0.25) is 0 Å². The first-order valence-corrected chi connectivity index (χ1v) is 5.95. The maximum Gasteiger partial charge on any atom is 0.174 e. The zero-order chi connectivity index (χ0) is 10.6. The Morgan fingerprint density at radius 2 is 2.36 bits per heavy atom. The van der Waals surface area contributed by atoms with Crippen molar-refractivity contribution in [3.8, 4) is 0 Å². The number of carbonyl (C=O) groups is 1. The highest BCUT2D eigenvalue weighted by Crippen LogP contribution is 2.15. The van der Waals surface area contributed by atoms with Crippen LogP contribution in [0.5, 0.6) is 0 Å². The van der Waals surface area contributed by atoms with Crippen LogP contribution in [-0.4, -0.2) is 21.4 Å². The molecule has 1 rings (SSSR count). The van der Waals surface area contributed by atoms with E-state index in [0.29, 0.717) is 11.0 Å². The molecule has 14 heavy (non-hydrogen) atoms. The summed E-state index contributed by atoms with van der Waals surface area (Å²) < 4.78 is 1.90. The van der Waals surface area contributed by atoms with Crippen LogP contribution in [0.1, 0.15) is 30.6 Å². The summed E-state index contributed by atoms with van der Waals surface area (Å²) in [5, 5.41) is 0.572. The van der Waals surface area contributed by atoms with Gasteiger partial charge >= 0.3 is 0 Å². The van der Waals surface area contributed by atoms with Gasteiger partial charge in [0.25, 0.3) is 0 Å². The zero-order valence-corrected chi connectivity index (χ0v) is 9.80. The molecule has 2 nitrogen and oxygen atoms in total. The molecular weight excluding hydrogens is 194 g/mol. The summed E-state index contributed by atoms with van der Waals surface area (Å²) >= 11 is 1.73. The fourth-order valence-electron chi connectivity index (χ4n) is 1.09. The van der Waals surface area contributed by atoms with E-state index in [1.54, 1.807) is 11.8 Å². The average molecular weight is 211 g/mol. The normalized spacial score (nSPS) is 12.8. The predicted octanol–water partition coefficient (Wildman–Crippen LogP) is 2.74. The van der Waals surface area contributed by atoms with Crippen LogP contribution in [0.2, 0.25) is 0 Å². The van der Waals surface area contributed by atoms with Crippen LogP contribution in [0.15, 0.2) is 18.5 Å². The van der Waals surface area contributed by atoms with Gasteiger partial charge in [0.05, 0.1) is 5.75 Å². The third kappa shape index (κ3) is 3.22. The minimum Gasteiger partial charge on any atom is -0.357 e. The predicted molar refractivity (Wildman–Crippen MR) is 62.0 cm³/mol. The lowest BCUT2D eigenvalue weighted by molar-refractivity contribution is 0.102. The largest absolute Gasteiger partial charge is 0.357 e. The molecule has 1 aromatic heterocycles. The number of rotatable bonds is 5. The van der Waals surface area contributed by atoms with Gasteiger partial charge < -0.3 is 4.57 Å². The number of aryl methyl sites for hydroxylation is 1. The van der Waals surface area contributed by atoms with Gasteiger partial charge in [0.1, 0.15) is 0 Å². The first kappa shape index (κ1) is 11.4. The molecule has 0 aliphatic rings. The lowest BCUT2D eigenvalue weighted by Crippen LogP contribution is -2.05. The number of aromatic nitrogens is 1. The molecule has 1 unspecified atom stereocenters. The van der Waals surface area contributed by atoms with Gasteiger partial charge in [-0.3, -0.25) is 4.79 Å². The van der Waals surface area contributed by atoms with Crippen molar-refractivity contribution in [3.05, 3.63) is 24.0 Å². The second-order valence-electron chi connectivity index (χ2n) is 3.52. The van der Waals surface area contributed by atoms with Crippen LogP contribution >= 0.6 is 11.8 Å². The van der Waals surface area contributed by atoms with Crippen LogP contribution < -0.4 is 0 Å². The molecular formula is C11H17NOS. The van der Waals surface area contributed by atoms with E-state index >= 15 is 0 Å². The number of hydrogen-bond acceptors (Lipinski definition) is 2. The number of ketones is 1. The number of nitrogens with zero attached hydrogens (tertiary/aromatic N) is 1. The van der Waals surface area contributed by atoms with Gasteiger partial charge in [0.15, 0.2) is 5.78 Å². The zero-order valence-electron chi connectivity index (χ0n) is 8.99. The van der Waals surface area contributed by atoms with Crippen LogP contribution in [-0.2, 0) is 7.05 Å². The third-order valence-corrected chi connectivity index (χ3v) is 3.56. The summed E-state index contributed by atoms with van der Waals surface area (Å²) in [5.41, 5.74) is 0.823. The summed E-state index contributed by atoms with van der Waals surface area (Å²) in [7, 11) is 1.93. The molecule has 0 aliphatic carbocycles. The number of carbonyl (C=O) groups excluding carboxylic acids is 1. The maximum absolute atomic E-state index is 11.6. The molecule has 78 valence electrons. The van der Waals surface area contributed by atoms with Crippen molar-refractivity contribution >= 4 is 17.5 Å². The first-order chi connectivity index (χ1) is 6.63. The molecule has 1 atom stereocenters. The molecule has 0 radical (unpaired) electrons. The SMILES string of the molecule is CCC(C)SCC(=O)c1ccn(C)c1. The van der Waals surface area contributed by atoms with Gasteiger partial charge in [0, 0.05) is 30.3 Å². The highest BCUT2D eigenvalue weighted by atomic mass is 32.2.